The second-order valence-corrected chi connectivity index (χ2v) is 7.64. The van der Waals surface area contributed by atoms with E-state index in [9.17, 15) is 9.59 Å². The summed E-state index contributed by atoms with van der Waals surface area (Å²) in [5, 5.41) is 0. The van der Waals surface area contributed by atoms with Gasteiger partial charge >= 0.3 is 5.69 Å². The Labute approximate surface area is 167 Å². The van der Waals surface area contributed by atoms with Crippen molar-refractivity contribution in [3.05, 3.63) is 46.0 Å². The molecule has 0 bridgehead atoms. The van der Waals surface area contributed by atoms with Gasteiger partial charge in [0, 0.05) is 55.9 Å². The summed E-state index contributed by atoms with van der Waals surface area (Å²) in [5.74, 6) is 0.641. The van der Waals surface area contributed by atoms with Crippen LogP contribution in [0, 0.1) is 0 Å². The van der Waals surface area contributed by atoms with Gasteiger partial charge in [-0.05, 0) is 12.1 Å². The second-order valence-electron chi connectivity index (χ2n) is 7.64. The highest BCUT2D eigenvalue weighted by Crippen LogP contribution is 2.39. The van der Waals surface area contributed by atoms with Crippen molar-refractivity contribution in [3.63, 3.8) is 0 Å². The maximum atomic E-state index is 12.5. The van der Waals surface area contributed by atoms with E-state index in [1.54, 1.807) is 29.8 Å². The molecule has 2 aromatic rings. The maximum absolute atomic E-state index is 12.5. The van der Waals surface area contributed by atoms with Gasteiger partial charge in [-0.1, -0.05) is 0 Å². The summed E-state index contributed by atoms with van der Waals surface area (Å²) in [6.45, 7) is 1.32. The van der Waals surface area contributed by atoms with E-state index in [2.05, 4.69) is 9.98 Å². The third-order valence-corrected chi connectivity index (χ3v) is 5.84. The number of amides is 1. The molecule has 8 nitrogen and oxygen atoms in total. The fraction of sp³-hybridized carbons (Fsp3) is 0.381. The van der Waals surface area contributed by atoms with E-state index in [0.717, 1.165) is 35.1 Å². The van der Waals surface area contributed by atoms with E-state index in [0.29, 0.717) is 24.5 Å². The number of hydrogen-bond donors (Lipinski definition) is 2. The molecule has 3 aliphatic rings. The van der Waals surface area contributed by atoms with Gasteiger partial charge in [0.2, 0.25) is 0 Å². The lowest BCUT2D eigenvalue weighted by Crippen LogP contribution is -2.78. The quantitative estimate of drug-likeness (QED) is 0.747. The molecule has 1 aromatic heterocycles. The van der Waals surface area contributed by atoms with Crippen LogP contribution in [0.4, 0.5) is 0 Å². The number of nitrogens with zero attached hydrogens (tertiary/aromatic N) is 2. The zero-order chi connectivity index (χ0) is 20.1. The molecule has 3 aliphatic heterocycles. The van der Waals surface area contributed by atoms with Gasteiger partial charge in [-0.25, -0.2) is 9.79 Å². The van der Waals surface area contributed by atoms with Crippen molar-refractivity contribution in [2.24, 2.45) is 7.05 Å². The number of carbonyl (C=O) groups is 1. The van der Waals surface area contributed by atoms with Crippen LogP contribution in [0.1, 0.15) is 18.4 Å². The standard InChI is InChI=1S/C21H22N4O4/c1-24-11-15(13-5-8-22-17(13)20(24)26)14-3-4-16-18(23-21(27)25(16)2)19(14)29-12-6-9-28-10-7-12/h3-5,8,11-12,17H,6-7,9-10H2,1-2H3,(H,23,27)/p+1. The van der Waals surface area contributed by atoms with Crippen LogP contribution in [-0.2, 0) is 16.6 Å². The minimum Gasteiger partial charge on any atom is -0.487 e. The first kappa shape index (κ1) is 17.9. The molecule has 1 amide bonds. The molecule has 1 fully saturated rings. The number of benzene rings is 1. The Morgan fingerprint density at radius 2 is 2.00 bits per heavy atom. The van der Waals surface area contributed by atoms with Gasteiger partial charge in [-0.2, -0.15) is 0 Å². The number of aromatic amines is 1. The van der Waals surface area contributed by atoms with Crippen molar-refractivity contribution in [3.8, 4) is 5.75 Å². The Hall–Kier alpha value is -3.13. The number of likely N-dealkylation sites (N-methyl/N-ethyl adjacent to an activating group) is 1. The van der Waals surface area contributed by atoms with Crippen molar-refractivity contribution < 1.29 is 19.3 Å². The molecule has 0 spiro atoms. The van der Waals surface area contributed by atoms with Crippen molar-refractivity contribution in [2.45, 2.75) is 25.0 Å². The first-order valence-electron chi connectivity index (χ1n) is 9.79. The highest BCUT2D eigenvalue weighted by Gasteiger charge is 2.39. The highest BCUT2D eigenvalue weighted by atomic mass is 16.5. The molecule has 0 saturated carbocycles. The fourth-order valence-electron chi connectivity index (χ4n) is 4.20. The summed E-state index contributed by atoms with van der Waals surface area (Å²) in [7, 11) is 3.49. The number of aryl methyl sites for hydroxylation is 1. The number of imidazole rings is 1. The molecule has 1 unspecified atom stereocenters. The number of ether oxygens (including phenoxy) is 2. The number of H-pyrrole nitrogens is 1. The van der Waals surface area contributed by atoms with E-state index in [1.165, 1.54) is 0 Å². The lowest BCUT2D eigenvalue weighted by atomic mass is 9.90. The lowest BCUT2D eigenvalue weighted by Gasteiger charge is -2.28. The Morgan fingerprint density at radius 1 is 1.21 bits per heavy atom. The summed E-state index contributed by atoms with van der Waals surface area (Å²) in [6.07, 6.45) is 7.17. The summed E-state index contributed by atoms with van der Waals surface area (Å²) < 4.78 is 13.5. The summed E-state index contributed by atoms with van der Waals surface area (Å²) in [5.41, 5.74) is 3.94. The third kappa shape index (κ3) is 2.82. The highest BCUT2D eigenvalue weighted by molar-refractivity contribution is 6.03. The first-order valence-corrected chi connectivity index (χ1v) is 9.79. The van der Waals surface area contributed by atoms with Gasteiger partial charge in [0.15, 0.2) is 12.0 Å². The largest absolute Gasteiger partial charge is 0.487 e. The van der Waals surface area contributed by atoms with Gasteiger partial charge in [0.1, 0.15) is 11.6 Å². The van der Waals surface area contributed by atoms with Crippen LogP contribution in [0.25, 0.3) is 16.6 Å². The number of fused-ring (bicyclic) bond motifs is 2. The molecule has 8 heteroatoms. The van der Waals surface area contributed by atoms with E-state index >= 15 is 0 Å². The molecule has 29 heavy (non-hydrogen) atoms. The number of nitrogens with one attached hydrogen (secondary N) is 2. The van der Waals surface area contributed by atoms with E-state index in [1.807, 2.05) is 24.4 Å². The smallest absolute Gasteiger partial charge is 0.326 e. The minimum absolute atomic E-state index is 0.00477. The van der Waals surface area contributed by atoms with E-state index < -0.39 is 6.04 Å². The molecular weight excluding hydrogens is 372 g/mol. The predicted octanol–water partition coefficient (Wildman–Crippen LogP) is -0.303. The Kier molecular flexibility index (Phi) is 4.16. The van der Waals surface area contributed by atoms with Crippen molar-refractivity contribution >= 4 is 28.7 Å². The molecule has 1 atom stereocenters. The van der Waals surface area contributed by atoms with Crippen LogP contribution >= 0.6 is 0 Å². The molecule has 150 valence electrons. The van der Waals surface area contributed by atoms with Crippen molar-refractivity contribution in [2.75, 3.05) is 20.3 Å². The van der Waals surface area contributed by atoms with Gasteiger partial charge in [-0.3, -0.25) is 9.36 Å². The van der Waals surface area contributed by atoms with Crippen molar-refractivity contribution in [1.29, 1.82) is 0 Å². The van der Waals surface area contributed by atoms with E-state index in [4.69, 9.17) is 9.47 Å². The Morgan fingerprint density at radius 3 is 2.79 bits per heavy atom. The second kappa shape index (κ2) is 6.73. The zero-order valence-electron chi connectivity index (χ0n) is 16.4. The van der Waals surface area contributed by atoms with Gasteiger partial charge in [-0.15, -0.1) is 0 Å². The van der Waals surface area contributed by atoms with E-state index in [-0.39, 0.29) is 17.7 Å². The topological polar surface area (TPSA) is 90.5 Å². The molecule has 5 rings (SSSR count). The van der Waals surface area contributed by atoms with Crippen molar-refractivity contribution in [1.82, 2.24) is 14.5 Å². The number of aromatic nitrogens is 2. The maximum Gasteiger partial charge on any atom is 0.326 e. The van der Waals surface area contributed by atoms with Crippen LogP contribution < -0.4 is 15.4 Å². The normalized spacial score (nSPS) is 22.1. The molecule has 1 aromatic carbocycles. The SMILES string of the molecule is CN1C=C(c2ccc3c([nH]c(=O)n3C)c2OC2CCOCC2)C2=CC=[NH+]C2C1=O. The Balaban J connectivity index is 1.69. The predicted molar refractivity (Wildman–Crippen MR) is 108 cm³/mol. The lowest BCUT2D eigenvalue weighted by molar-refractivity contribution is -0.467. The zero-order valence-corrected chi connectivity index (χ0v) is 16.4. The van der Waals surface area contributed by atoms with Gasteiger partial charge < -0.3 is 19.4 Å². The minimum atomic E-state index is -0.401. The number of hydrogen-bond acceptors (Lipinski definition) is 4. The summed E-state index contributed by atoms with van der Waals surface area (Å²) in [4.78, 5) is 32.5. The van der Waals surface area contributed by atoms with Crippen LogP contribution in [0.15, 0.2) is 34.8 Å². The number of allylic oxidation sites excluding steroid dienone is 1. The van der Waals surface area contributed by atoms with Gasteiger partial charge in [0.25, 0.3) is 11.9 Å². The Bertz CT molecular complexity index is 1150. The van der Waals surface area contributed by atoms with Crippen LogP contribution in [-0.4, -0.2) is 59.0 Å². The number of rotatable bonds is 3. The first-order chi connectivity index (χ1) is 14.0. The summed E-state index contributed by atoms with van der Waals surface area (Å²) >= 11 is 0. The summed E-state index contributed by atoms with van der Waals surface area (Å²) in [6, 6.07) is 3.48. The number of carbonyl (C=O) groups excluding carboxylic acids is 1. The average molecular weight is 395 g/mol. The molecule has 4 heterocycles. The molecule has 1 saturated heterocycles. The molecule has 0 aliphatic carbocycles. The third-order valence-electron chi connectivity index (χ3n) is 5.84. The van der Waals surface area contributed by atoms with Crippen LogP contribution in [0.5, 0.6) is 5.75 Å². The molecule has 2 N–H and O–H groups in total. The van der Waals surface area contributed by atoms with Crippen LogP contribution in [0.2, 0.25) is 0 Å². The van der Waals surface area contributed by atoms with Gasteiger partial charge in [0.05, 0.1) is 18.7 Å². The van der Waals surface area contributed by atoms with Crippen LogP contribution in [0.3, 0.4) is 0 Å². The monoisotopic (exact) mass is 395 g/mol. The molecular formula is C21H23N4O4+. The average Bonchev–Trinajstić information content (AvgIpc) is 3.32. The molecule has 0 radical (unpaired) electrons. The fourth-order valence-corrected chi connectivity index (χ4v) is 4.20.